The Kier molecular flexibility index (Phi) is 5.43. The Labute approximate surface area is 172 Å². The highest BCUT2D eigenvalue weighted by Gasteiger charge is 2.45. The maximum Gasteiger partial charge on any atom is 0.295 e. The van der Waals surface area contributed by atoms with Crippen molar-refractivity contribution in [3.05, 3.63) is 95.8 Å². The van der Waals surface area contributed by atoms with Crippen LogP contribution in [0.2, 0.25) is 0 Å². The number of aliphatic hydroxyl groups excluding tert-OH is 1. The molecule has 0 spiro atoms. The van der Waals surface area contributed by atoms with E-state index in [1.807, 2.05) is 10.8 Å². The molecule has 0 saturated carbocycles. The molecule has 2 aromatic carbocycles. The number of aromatic nitrogens is 2. The van der Waals surface area contributed by atoms with Crippen molar-refractivity contribution in [1.29, 1.82) is 0 Å². The Morgan fingerprint density at radius 3 is 2.43 bits per heavy atom. The number of nitrogens with zero attached hydrogens (tertiary/aromatic N) is 3. The van der Waals surface area contributed by atoms with Crippen molar-refractivity contribution in [2.75, 3.05) is 6.54 Å². The minimum Gasteiger partial charge on any atom is -0.507 e. The van der Waals surface area contributed by atoms with E-state index in [0.29, 0.717) is 30.6 Å². The van der Waals surface area contributed by atoms with E-state index in [-0.39, 0.29) is 11.3 Å². The van der Waals surface area contributed by atoms with Gasteiger partial charge in [-0.05, 0) is 24.1 Å². The summed E-state index contributed by atoms with van der Waals surface area (Å²) >= 11 is 0. The number of aryl methyl sites for hydroxylation is 1. The second kappa shape index (κ2) is 8.32. The summed E-state index contributed by atoms with van der Waals surface area (Å²) in [6, 6.07) is 13.5. The normalized spacial score (nSPS) is 18.2. The molecule has 1 aliphatic rings. The molecule has 0 radical (unpaired) electrons. The summed E-state index contributed by atoms with van der Waals surface area (Å²) in [4.78, 5) is 31.1. The van der Waals surface area contributed by atoms with E-state index in [9.17, 15) is 19.1 Å². The highest BCUT2D eigenvalue weighted by Crippen LogP contribution is 2.39. The first kappa shape index (κ1) is 19.6. The average Bonchev–Trinajstić information content (AvgIpc) is 3.37. The van der Waals surface area contributed by atoms with Crippen LogP contribution in [0.25, 0.3) is 5.76 Å². The zero-order chi connectivity index (χ0) is 21.1. The second-order valence-corrected chi connectivity index (χ2v) is 7.06. The molecule has 0 bridgehead atoms. The zero-order valence-electron chi connectivity index (χ0n) is 16.1. The molecule has 30 heavy (non-hydrogen) atoms. The van der Waals surface area contributed by atoms with Gasteiger partial charge in [0.15, 0.2) is 0 Å². The predicted molar refractivity (Wildman–Crippen MR) is 109 cm³/mol. The maximum atomic E-state index is 13.5. The van der Waals surface area contributed by atoms with Crippen LogP contribution in [0.4, 0.5) is 4.39 Å². The van der Waals surface area contributed by atoms with Crippen LogP contribution in [-0.2, 0) is 16.1 Å². The van der Waals surface area contributed by atoms with Gasteiger partial charge in [0.25, 0.3) is 11.7 Å². The fourth-order valence-corrected chi connectivity index (χ4v) is 3.70. The average molecular weight is 405 g/mol. The number of hydrogen-bond donors (Lipinski definition) is 1. The topological polar surface area (TPSA) is 75.4 Å². The number of ketones is 1. The molecule has 1 saturated heterocycles. The molecule has 0 aliphatic carbocycles. The number of likely N-dealkylation sites (tertiary alicyclic amines) is 1. The molecule has 1 atom stereocenters. The first-order valence-corrected chi connectivity index (χ1v) is 9.61. The number of Topliss-reactive ketones (excluding diaryl/α,β-unsaturated/α-hetero) is 1. The Hall–Kier alpha value is -3.74. The fourth-order valence-electron chi connectivity index (χ4n) is 3.70. The summed E-state index contributed by atoms with van der Waals surface area (Å²) in [6.45, 7) is 0.925. The van der Waals surface area contributed by atoms with Crippen molar-refractivity contribution in [3.63, 3.8) is 0 Å². The van der Waals surface area contributed by atoms with Crippen LogP contribution in [0.5, 0.6) is 0 Å². The number of rotatable bonds is 6. The smallest absolute Gasteiger partial charge is 0.295 e. The van der Waals surface area contributed by atoms with E-state index in [0.717, 1.165) is 0 Å². The molecule has 152 valence electrons. The summed E-state index contributed by atoms with van der Waals surface area (Å²) < 4.78 is 15.4. The number of aliphatic hydroxyl groups is 1. The molecule has 1 aromatic heterocycles. The Balaban J connectivity index is 1.72. The van der Waals surface area contributed by atoms with Gasteiger partial charge in [0.05, 0.1) is 17.9 Å². The molecular formula is C23H20FN3O3. The summed E-state index contributed by atoms with van der Waals surface area (Å²) in [5, 5.41) is 10.9. The van der Waals surface area contributed by atoms with Crippen LogP contribution in [0.1, 0.15) is 23.6 Å². The van der Waals surface area contributed by atoms with Crippen molar-refractivity contribution >= 4 is 17.4 Å². The summed E-state index contributed by atoms with van der Waals surface area (Å²) in [5.41, 5.74) is 1.03. The zero-order valence-corrected chi connectivity index (χ0v) is 16.1. The summed E-state index contributed by atoms with van der Waals surface area (Å²) in [6.07, 6.45) is 5.76. The van der Waals surface area contributed by atoms with E-state index in [1.165, 1.54) is 29.2 Å². The third-order valence-electron chi connectivity index (χ3n) is 5.15. The standard InChI is InChI=1S/C23H20FN3O3/c24-18-9-7-16(8-10-18)20-19(21(28)17-5-2-1-3-6-17)22(29)23(30)27(20)13-4-12-26-14-11-25-15-26/h1-3,5-11,14-15,20,28H,4,12-13H2/b21-19-. The SMILES string of the molecule is O=C1C(=O)N(CCCn2ccnc2)C(c2ccc(F)cc2)/C1=C(/O)c1ccccc1. The van der Waals surface area contributed by atoms with Gasteiger partial charge in [0, 0.05) is 31.0 Å². The molecule has 2 heterocycles. The van der Waals surface area contributed by atoms with E-state index in [1.54, 1.807) is 42.9 Å². The molecule has 1 amide bonds. The lowest BCUT2D eigenvalue weighted by Crippen LogP contribution is -2.31. The molecule has 1 N–H and O–H groups in total. The predicted octanol–water partition coefficient (Wildman–Crippen LogP) is 3.53. The summed E-state index contributed by atoms with van der Waals surface area (Å²) in [7, 11) is 0. The van der Waals surface area contributed by atoms with Crippen molar-refractivity contribution < 1.29 is 19.1 Å². The number of carbonyl (C=O) groups is 2. The molecule has 1 aliphatic heterocycles. The lowest BCUT2D eigenvalue weighted by molar-refractivity contribution is -0.139. The minimum absolute atomic E-state index is 0.0143. The fraction of sp³-hybridized carbons (Fsp3) is 0.174. The summed E-state index contributed by atoms with van der Waals surface area (Å²) in [5.74, 6) is -2.07. The molecule has 7 heteroatoms. The quantitative estimate of drug-likeness (QED) is 0.387. The second-order valence-electron chi connectivity index (χ2n) is 7.06. The van der Waals surface area contributed by atoms with Gasteiger partial charge in [0.1, 0.15) is 11.6 Å². The van der Waals surface area contributed by atoms with Crippen molar-refractivity contribution in [2.24, 2.45) is 0 Å². The van der Waals surface area contributed by atoms with E-state index >= 15 is 0 Å². The molecule has 6 nitrogen and oxygen atoms in total. The van der Waals surface area contributed by atoms with Gasteiger partial charge in [0.2, 0.25) is 0 Å². The largest absolute Gasteiger partial charge is 0.507 e. The number of amides is 1. The van der Waals surface area contributed by atoms with Crippen LogP contribution in [0, 0.1) is 5.82 Å². The maximum absolute atomic E-state index is 13.5. The van der Waals surface area contributed by atoms with Crippen molar-refractivity contribution in [2.45, 2.75) is 19.0 Å². The highest BCUT2D eigenvalue weighted by atomic mass is 19.1. The molecule has 1 unspecified atom stereocenters. The van der Waals surface area contributed by atoms with Crippen LogP contribution in [0.3, 0.4) is 0 Å². The van der Waals surface area contributed by atoms with Gasteiger partial charge in [-0.2, -0.15) is 0 Å². The van der Waals surface area contributed by atoms with Crippen LogP contribution >= 0.6 is 0 Å². The Bertz CT molecular complexity index is 1080. The minimum atomic E-state index is -0.784. The van der Waals surface area contributed by atoms with Crippen LogP contribution in [-0.4, -0.2) is 37.8 Å². The van der Waals surface area contributed by atoms with Gasteiger partial charge in [-0.25, -0.2) is 9.37 Å². The monoisotopic (exact) mass is 405 g/mol. The number of halogens is 1. The van der Waals surface area contributed by atoms with Gasteiger partial charge in [-0.3, -0.25) is 9.59 Å². The van der Waals surface area contributed by atoms with Crippen LogP contribution < -0.4 is 0 Å². The lowest BCUT2D eigenvalue weighted by atomic mass is 9.95. The van der Waals surface area contributed by atoms with E-state index < -0.39 is 23.5 Å². The van der Waals surface area contributed by atoms with E-state index in [4.69, 9.17) is 0 Å². The first-order chi connectivity index (χ1) is 14.6. The number of carbonyl (C=O) groups excluding carboxylic acids is 2. The van der Waals surface area contributed by atoms with Gasteiger partial charge in [-0.1, -0.05) is 42.5 Å². The van der Waals surface area contributed by atoms with Gasteiger partial charge in [-0.15, -0.1) is 0 Å². The number of imidazole rings is 1. The Morgan fingerprint density at radius 2 is 1.77 bits per heavy atom. The highest BCUT2D eigenvalue weighted by molar-refractivity contribution is 6.46. The first-order valence-electron chi connectivity index (χ1n) is 9.61. The van der Waals surface area contributed by atoms with E-state index in [2.05, 4.69) is 4.98 Å². The van der Waals surface area contributed by atoms with Crippen LogP contribution in [0.15, 0.2) is 78.9 Å². The van der Waals surface area contributed by atoms with Crippen molar-refractivity contribution in [3.8, 4) is 0 Å². The molecular weight excluding hydrogens is 385 g/mol. The lowest BCUT2D eigenvalue weighted by Gasteiger charge is -2.25. The third-order valence-corrected chi connectivity index (χ3v) is 5.15. The number of benzene rings is 2. The Morgan fingerprint density at radius 1 is 1.03 bits per heavy atom. The molecule has 4 rings (SSSR count). The molecule has 3 aromatic rings. The van der Waals surface area contributed by atoms with Crippen molar-refractivity contribution in [1.82, 2.24) is 14.5 Å². The van der Waals surface area contributed by atoms with Gasteiger partial charge < -0.3 is 14.6 Å². The van der Waals surface area contributed by atoms with Gasteiger partial charge >= 0.3 is 0 Å². The molecule has 1 fully saturated rings. The number of hydrogen-bond acceptors (Lipinski definition) is 4. The third kappa shape index (κ3) is 3.74.